The molecule has 3 aromatic carbocycles. The lowest BCUT2D eigenvalue weighted by Gasteiger charge is -2.09. The second-order valence-corrected chi connectivity index (χ2v) is 6.18. The number of hydrogen-bond acceptors (Lipinski definition) is 2. The maximum atomic E-state index is 11.9. The molecule has 0 heterocycles. The van der Waals surface area contributed by atoms with Gasteiger partial charge in [-0.15, -0.1) is 0 Å². The van der Waals surface area contributed by atoms with Crippen molar-refractivity contribution in [2.75, 3.05) is 13.1 Å². The quantitative estimate of drug-likeness (QED) is 0.691. The molecular weight excluding hydrogens is 324 g/mol. The Bertz CT molecular complexity index is 886. The van der Waals surface area contributed by atoms with Crippen LogP contribution in [-0.2, 0) is 22.4 Å². The molecule has 0 aliphatic heterocycles. The summed E-state index contributed by atoms with van der Waals surface area (Å²) in [7, 11) is 0. The maximum Gasteiger partial charge on any atom is 0.239 e. The minimum atomic E-state index is -0.174. The van der Waals surface area contributed by atoms with Crippen LogP contribution in [0.25, 0.3) is 10.8 Å². The van der Waals surface area contributed by atoms with Gasteiger partial charge >= 0.3 is 0 Å². The number of carbonyl (C=O) groups is 2. The van der Waals surface area contributed by atoms with Gasteiger partial charge in [-0.25, -0.2) is 0 Å². The van der Waals surface area contributed by atoms with Crippen LogP contribution in [0, 0.1) is 0 Å². The summed E-state index contributed by atoms with van der Waals surface area (Å²) in [5, 5.41) is 7.93. The van der Waals surface area contributed by atoms with E-state index in [1.54, 1.807) is 0 Å². The molecule has 3 rings (SSSR count). The standard InChI is InChI=1S/C22H22N2O2/c25-21(15-17-7-2-1-3-8-17)24-16-22(26)23-14-13-19-11-6-10-18-9-4-5-12-20(18)19/h1-12H,13-16H2,(H,23,26)(H,24,25). The molecule has 0 fully saturated rings. The van der Waals surface area contributed by atoms with Gasteiger partial charge in [0.25, 0.3) is 0 Å². The summed E-state index contributed by atoms with van der Waals surface area (Å²) in [5.41, 5.74) is 2.14. The van der Waals surface area contributed by atoms with Crippen molar-refractivity contribution in [3.05, 3.63) is 83.9 Å². The number of amides is 2. The summed E-state index contributed by atoms with van der Waals surface area (Å²) in [6.07, 6.45) is 1.04. The number of fused-ring (bicyclic) bond motifs is 1. The Morgan fingerprint density at radius 2 is 1.46 bits per heavy atom. The lowest BCUT2D eigenvalue weighted by Crippen LogP contribution is -2.38. The fourth-order valence-electron chi connectivity index (χ4n) is 2.93. The van der Waals surface area contributed by atoms with Gasteiger partial charge in [-0.3, -0.25) is 9.59 Å². The zero-order valence-corrected chi connectivity index (χ0v) is 14.6. The summed E-state index contributed by atoms with van der Waals surface area (Å²) in [5.74, 6) is -0.327. The molecule has 0 atom stereocenters. The average molecular weight is 346 g/mol. The number of carbonyl (C=O) groups excluding carboxylic acids is 2. The molecule has 0 saturated carbocycles. The van der Waals surface area contributed by atoms with E-state index in [1.165, 1.54) is 16.3 Å². The van der Waals surface area contributed by atoms with Crippen LogP contribution in [0.5, 0.6) is 0 Å². The first-order chi connectivity index (χ1) is 12.7. The van der Waals surface area contributed by atoms with Crippen molar-refractivity contribution in [2.45, 2.75) is 12.8 Å². The minimum Gasteiger partial charge on any atom is -0.354 e. The van der Waals surface area contributed by atoms with Crippen molar-refractivity contribution in [1.29, 1.82) is 0 Å². The van der Waals surface area contributed by atoms with Crippen LogP contribution in [0.3, 0.4) is 0 Å². The van der Waals surface area contributed by atoms with Crippen molar-refractivity contribution in [1.82, 2.24) is 10.6 Å². The van der Waals surface area contributed by atoms with Crippen LogP contribution < -0.4 is 10.6 Å². The first-order valence-electron chi connectivity index (χ1n) is 8.76. The topological polar surface area (TPSA) is 58.2 Å². The van der Waals surface area contributed by atoms with Crippen LogP contribution >= 0.6 is 0 Å². The smallest absolute Gasteiger partial charge is 0.239 e. The molecule has 3 aromatic rings. The van der Waals surface area contributed by atoms with E-state index in [0.717, 1.165) is 12.0 Å². The van der Waals surface area contributed by atoms with E-state index in [9.17, 15) is 9.59 Å². The van der Waals surface area contributed by atoms with Crippen molar-refractivity contribution >= 4 is 22.6 Å². The third-order valence-corrected chi connectivity index (χ3v) is 4.25. The number of hydrogen-bond donors (Lipinski definition) is 2. The fourth-order valence-corrected chi connectivity index (χ4v) is 2.93. The van der Waals surface area contributed by atoms with Gasteiger partial charge < -0.3 is 10.6 Å². The third-order valence-electron chi connectivity index (χ3n) is 4.25. The molecule has 0 aromatic heterocycles. The molecule has 0 bridgehead atoms. The van der Waals surface area contributed by atoms with Crippen LogP contribution in [0.15, 0.2) is 72.8 Å². The predicted octanol–water partition coefficient (Wildman–Crippen LogP) is 2.86. The normalized spacial score (nSPS) is 10.5. The largest absolute Gasteiger partial charge is 0.354 e. The molecule has 26 heavy (non-hydrogen) atoms. The van der Waals surface area contributed by atoms with E-state index in [-0.39, 0.29) is 24.8 Å². The van der Waals surface area contributed by atoms with Gasteiger partial charge in [0.05, 0.1) is 13.0 Å². The highest BCUT2D eigenvalue weighted by molar-refractivity contribution is 5.86. The van der Waals surface area contributed by atoms with Crippen LogP contribution in [0.2, 0.25) is 0 Å². The van der Waals surface area contributed by atoms with Gasteiger partial charge in [-0.1, -0.05) is 72.8 Å². The van der Waals surface area contributed by atoms with Gasteiger partial charge in [0, 0.05) is 6.54 Å². The molecular formula is C22H22N2O2. The van der Waals surface area contributed by atoms with E-state index in [1.807, 2.05) is 48.5 Å². The fraction of sp³-hybridized carbons (Fsp3) is 0.182. The Morgan fingerprint density at radius 3 is 2.31 bits per heavy atom. The molecule has 0 unspecified atom stereocenters. The molecule has 0 spiro atoms. The van der Waals surface area contributed by atoms with Crippen molar-refractivity contribution in [3.8, 4) is 0 Å². The van der Waals surface area contributed by atoms with Gasteiger partial charge in [0.1, 0.15) is 0 Å². The van der Waals surface area contributed by atoms with Gasteiger partial charge in [0.15, 0.2) is 0 Å². The second-order valence-electron chi connectivity index (χ2n) is 6.18. The van der Waals surface area contributed by atoms with E-state index >= 15 is 0 Å². The summed E-state index contributed by atoms with van der Waals surface area (Å²) >= 11 is 0. The second kappa shape index (κ2) is 8.81. The lowest BCUT2D eigenvalue weighted by atomic mass is 10.0. The minimum absolute atomic E-state index is 0.00119. The summed E-state index contributed by atoms with van der Waals surface area (Å²) < 4.78 is 0. The highest BCUT2D eigenvalue weighted by atomic mass is 16.2. The van der Waals surface area contributed by atoms with Crippen LogP contribution in [0.4, 0.5) is 0 Å². The summed E-state index contributed by atoms with van der Waals surface area (Å²) in [6.45, 7) is 0.544. The number of nitrogens with one attached hydrogen (secondary N) is 2. The zero-order valence-electron chi connectivity index (χ0n) is 14.6. The Morgan fingerprint density at radius 1 is 0.731 bits per heavy atom. The molecule has 132 valence electrons. The maximum absolute atomic E-state index is 11.9. The molecule has 4 heteroatoms. The Kier molecular flexibility index (Phi) is 5.99. The lowest BCUT2D eigenvalue weighted by molar-refractivity contribution is -0.125. The van der Waals surface area contributed by atoms with Gasteiger partial charge in [-0.2, -0.15) is 0 Å². The molecule has 0 saturated heterocycles. The first kappa shape index (κ1) is 17.7. The van der Waals surface area contributed by atoms with Crippen molar-refractivity contribution < 1.29 is 9.59 Å². The molecule has 2 N–H and O–H groups in total. The van der Waals surface area contributed by atoms with E-state index in [2.05, 4.69) is 34.9 Å². The average Bonchev–Trinajstić information content (AvgIpc) is 2.67. The Labute approximate surface area is 153 Å². The predicted molar refractivity (Wildman–Crippen MR) is 104 cm³/mol. The number of benzene rings is 3. The van der Waals surface area contributed by atoms with Gasteiger partial charge in [0.2, 0.25) is 11.8 Å². The summed E-state index contributed by atoms with van der Waals surface area (Å²) in [6, 6.07) is 23.9. The first-order valence-corrected chi connectivity index (χ1v) is 8.76. The Hall–Kier alpha value is -3.14. The number of rotatable bonds is 7. The Balaban J connectivity index is 1.42. The van der Waals surface area contributed by atoms with E-state index in [4.69, 9.17) is 0 Å². The van der Waals surface area contributed by atoms with Crippen LogP contribution in [-0.4, -0.2) is 24.9 Å². The van der Waals surface area contributed by atoms with Crippen LogP contribution in [0.1, 0.15) is 11.1 Å². The summed E-state index contributed by atoms with van der Waals surface area (Å²) in [4.78, 5) is 23.8. The van der Waals surface area contributed by atoms with Crippen molar-refractivity contribution in [3.63, 3.8) is 0 Å². The zero-order chi connectivity index (χ0) is 18.2. The van der Waals surface area contributed by atoms with E-state index in [0.29, 0.717) is 6.54 Å². The molecule has 4 nitrogen and oxygen atoms in total. The van der Waals surface area contributed by atoms with E-state index < -0.39 is 0 Å². The third kappa shape index (κ3) is 4.93. The van der Waals surface area contributed by atoms with Gasteiger partial charge in [-0.05, 0) is 28.3 Å². The van der Waals surface area contributed by atoms with Crippen molar-refractivity contribution in [2.24, 2.45) is 0 Å². The highest BCUT2D eigenvalue weighted by Crippen LogP contribution is 2.18. The molecule has 0 aliphatic carbocycles. The molecule has 2 amide bonds. The monoisotopic (exact) mass is 346 g/mol. The highest BCUT2D eigenvalue weighted by Gasteiger charge is 2.07. The SMILES string of the molecule is O=C(CNC(=O)Cc1ccccc1)NCCc1cccc2ccccc12. The molecule has 0 aliphatic rings. The molecule has 0 radical (unpaired) electrons.